The molecule has 0 aromatic carbocycles. The number of nitrogens with one attached hydrogen (secondary N) is 1. The molecule has 0 bridgehead atoms. The Kier molecular flexibility index (Phi) is 4.38. The summed E-state index contributed by atoms with van der Waals surface area (Å²) in [6.07, 6.45) is 10.5. The van der Waals surface area contributed by atoms with Crippen LogP contribution in [0.3, 0.4) is 0 Å². The third-order valence-electron chi connectivity index (χ3n) is 5.72. The van der Waals surface area contributed by atoms with Gasteiger partial charge in [0.05, 0.1) is 11.1 Å². The van der Waals surface area contributed by atoms with E-state index in [1.165, 1.54) is 26.2 Å². The molecule has 2 fully saturated rings. The second-order valence-corrected chi connectivity index (χ2v) is 7.51. The van der Waals surface area contributed by atoms with Gasteiger partial charge in [0, 0.05) is 18.3 Å². The number of nitrogen functional groups attached to an aromatic ring is 1. The zero-order chi connectivity index (χ0) is 18.3. The molecule has 138 valence electrons. The van der Waals surface area contributed by atoms with Gasteiger partial charge in [0.15, 0.2) is 11.4 Å². The summed E-state index contributed by atoms with van der Waals surface area (Å²) < 4.78 is 1.67. The maximum Gasteiger partial charge on any atom is 0.265 e. The molecule has 2 saturated carbocycles. The van der Waals surface area contributed by atoms with Crippen LogP contribution in [0.4, 0.5) is 11.6 Å². The Morgan fingerprint density at radius 1 is 1.19 bits per heavy atom. The Morgan fingerprint density at radius 2 is 1.92 bits per heavy atom. The van der Waals surface area contributed by atoms with Crippen LogP contribution < -0.4 is 16.6 Å². The van der Waals surface area contributed by atoms with Crippen LogP contribution >= 0.6 is 0 Å². The quantitative estimate of drug-likeness (QED) is 0.817. The van der Waals surface area contributed by atoms with E-state index in [0.717, 1.165) is 32.1 Å². The average molecular weight is 355 g/mol. The minimum atomic E-state index is -0.325. The number of Topliss-reactive ketones (excluding diaryl/α,β-unsaturated/α-hetero) is 1. The summed E-state index contributed by atoms with van der Waals surface area (Å²) in [5.74, 6) is 0.221. The van der Waals surface area contributed by atoms with Crippen molar-refractivity contribution in [1.82, 2.24) is 14.5 Å². The molecule has 0 unspecified atom stereocenters. The van der Waals surface area contributed by atoms with Gasteiger partial charge >= 0.3 is 0 Å². The normalized spacial score (nSPS) is 18.7. The molecule has 0 amide bonds. The van der Waals surface area contributed by atoms with Crippen LogP contribution in [0.25, 0.3) is 11.0 Å². The summed E-state index contributed by atoms with van der Waals surface area (Å²) >= 11 is 0. The van der Waals surface area contributed by atoms with E-state index in [1.807, 2.05) is 0 Å². The Bertz CT molecular complexity index is 910. The Labute approximate surface area is 152 Å². The van der Waals surface area contributed by atoms with Gasteiger partial charge in [-0.25, -0.2) is 4.98 Å². The summed E-state index contributed by atoms with van der Waals surface area (Å²) in [4.78, 5) is 34.0. The first-order valence-corrected chi connectivity index (χ1v) is 9.54. The minimum Gasteiger partial charge on any atom is -0.397 e. The Balaban J connectivity index is 1.84. The van der Waals surface area contributed by atoms with E-state index in [2.05, 4.69) is 15.3 Å². The van der Waals surface area contributed by atoms with Crippen LogP contribution in [-0.2, 0) is 0 Å². The summed E-state index contributed by atoms with van der Waals surface area (Å²) in [7, 11) is 0. The number of rotatable bonds is 4. The molecule has 2 aliphatic carbocycles. The summed E-state index contributed by atoms with van der Waals surface area (Å²) in [5, 5.41) is 3.99. The smallest absolute Gasteiger partial charge is 0.265 e. The Morgan fingerprint density at radius 3 is 2.54 bits per heavy atom. The number of carbonyl (C=O) groups is 1. The van der Waals surface area contributed by atoms with Crippen LogP contribution in [0.15, 0.2) is 11.0 Å². The molecule has 0 atom stereocenters. The summed E-state index contributed by atoms with van der Waals surface area (Å²) in [5.41, 5.74) is 6.61. The molecule has 0 spiro atoms. The van der Waals surface area contributed by atoms with Crippen LogP contribution in [0.5, 0.6) is 0 Å². The zero-order valence-electron chi connectivity index (χ0n) is 15.1. The second kappa shape index (κ2) is 6.70. The highest BCUT2D eigenvalue weighted by molar-refractivity contribution is 6.05. The summed E-state index contributed by atoms with van der Waals surface area (Å²) in [6.45, 7) is 1.38. The molecule has 26 heavy (non-hydrogen) atoms. The number of carbonyl (C=O) groups excluding carboxylic acids is 1. The van der Waals surface area contributed by atoms with Crippen molar-refractivity contribution in [3.8, 4) is 0 Å². The highest BCUT2D eigenvalue weighted by Gasteiger charge is 2.27. The molecule has 2 heterocycles. The van der Waals surface area contributed by atoms with Gasteiger partial charge in [0.2, 0.25) is 5.95 Å². The topological polar surface area (TPSA) is 103 Å². The lowest BCUT2D eigenvalue weighted by atomic mass is 9.92. The third-order valence-corrected chi connectivity index (χ3v) is 5.72. The molecule has 2 aromatic rings. The Hall–Kier alpha value is -2.44. The van der Waals surface area contributed by atoms with E-state index in [4.69, 9.17) is 5.73 Å². The van der Waals surface area contributed by atoms with E-state index >= 15 is 0 Å². The summed E-state index contributed by atoms with van der Waals surface area (Å²) in [6, 6.07) is 0.458. The molecule has 0 saturated heterocycles. The molecular formula is C19H25N5O2. The fourth-order valence-corrected chi connectivity index (χ4v) is 4.04. The second-order valence-electron chi connectivity index (χ2n) is 7.51. The number of pyridine rings is 1. The molecule has 0 radical (unpaired) electrons. The molecular weight excluding hydrogens is 330 g/mol. The van der Waals surface area contributed by atoms with Crippen molar-refractivity contribution < 1.29 is 4.79 Å². The van der Waals surface area contributed by atoms with Crippen LogP contribution in [0.1, 0.15) is 74.7 Å². The molecule has 2 aromatic heterocycles. The number of fused-ring (bicyclic) bond motifs is 1. The molecule has 7 nitrogen and oxygen atoms in total. The van der Waals surface area contributed by atoms with Crippen LogP contribution in [0, 0.1) is 0 Å². The number of anilines is 2. The maximum atomic E-state index is 13.0. The fraction of sp³-hybridized carbons (Fsp3) is 0.579. The van der Waals surface area contributed by atoms with Gasteiger partial charge in [-0.05, 0) is 39.0 Å². The maximum absolute atomic E-state index is 13.0. The van der Waals surface area contributed by atoms with E-state index in [9.17, 15) is 9.59 Å². The number of ketones is 1. The number of nitrogens with two attached hydrogens (primary N) is 1. The van der Waals surface area contributed by atoms with Crippen molar-refractivity contribution in [3.05, 3.63) is 22.1 Å². The lowest BCUT2D eigenvalue weighted by Crippen LogP contribution is -2.34. The number of aromatic nitrogens is 3. The first-order chi connectivity index (χ1) is 12.6. The van der Waals surface area contributed by atoms with Gasteiger partial charge < -0.3 is 11.1 Å². The predicted octanol–water partition coefficient (Wildman–Crippen LogP) is 3.05. The number of nitrogens with zero attached hydrogens (tertiary/aromatic N) is 3. The molecule has 7 heteroatoms. The van der Waals surface area contributed by atoms with Gasteiger partial charge in [0.25, 0.3) is 5.56 Å². The van der Waals surface area contributed by atoms with Gasteiger partial charge in [-0.1, -0.05) is 19.3 Å². The fourth-order valence-electron chi connectivity index (χ4n) is 4.04. The average Bonchev–Trinajstić information content (AvgIpc) is 2.57. The van der Waals surface area contributed by atoms with Crippen molar-refractivity contribution in [3.63, 3.8) is 0 Å². The van der Waals surface area contributed by atoms with E-state index < -0.39 is 0 Å². The van der Waals surface area contributed by atoms with E-state index in [1.54, 1.807) is 10.8 Å². The predicted molar refractivity (Wildman–Crippen MR) is 102 cm³/mol. The lowest BCUT2D eigenvalue weighted by Gasteiger charge is -2.29. The SMILES string of the molecule is CC(=O)c1c(N)c2cnc(NC3CCCCC3)nc2n(C2CCC2)c1=O. The van der Waals surface area contributed by atoms with Crippen molar-refractivity contribution in [2.24, 2.45) is 0 Å². The van der Waals surface area contributed by atoms with Gasteiger partial charge in [-0.2, -0.15) is 4.98 Å². The largest absolute Gasteiger partial charge is 0.397 e. The monoisotopic (exact) mass is 355 g/mol. The van der Waals surface area contributed by atoms with Crippen molar-refractivity contribution in [1.29, 1.82) is 0 Å². The van der Waals surface area contributed by atoms with Gasteiger partial charge in [-0.15, -0.1) is 0 Å². The highest BCUT2D eigenvalue weighted by atomic mass is 16.1. The standard InChI is InChI=1S/C19H25N5O2/c1-11(25)15-16(20)14-10-21-19(22-12-6-3-2-4-7-12)23-17(14)24(18(15)26)13-8-5-9-13/h10,12-13H,2-9,20H2,1H3,(H,21,22,23). The molecule has 4 rings (SSSR count). The van der Waals surface area contributed by atoms with Crippen molar-refractivity contribution in [2.45, 2.75) is 70.4 Å². The van der Waals surface area contributed by atoms with Crippen LogP contribution in [0.2, 0.25) is 0 Å². The van der Waals surface area contributed by atoms with Gasteiger partial charge in [0.1, 0.15) is 5.56 Å². The van der Waals surface area contributed by atoms with Crippen LogP contribution in [-0.4, -0.2) is 26.4 Å². The minimum absolute atomic E-state index is 0.0565. The van der Waals surface area contributed by atoms with Crippen molar-refractivity contribution in [2.75, 3.05) is 11.1 Å². The van der Waals surface area contributed by atoms with Gasteiger partial charge in [-0.3, -0.25) is 14.2 Å². The molecule has 2 aliphatic rings. The first kappa shape index (κ1) is 17.0. The van der Waals surface area contributed by atoms with Crippen molar-refractivity contribution >= 4 is 28.5 Å². The van der Waals surface area contributed by atoms with E-state index in [0.29, 0.717) is 23.0 Å². The number of hydrogen-bond acceptors (Lipinski definition) is 6. The molecule has 3 N–H and O–H groups in total. The zero-order valence-corrected chi connectivity index (χ0v) is 15.1. The highest BCUT2D eigenvalue weighted by Crippen LogP contribution is 2.34. The third kappa shape index (κ3) is 2.85. The van der Waals surface area contributed by atoms with E-state index in [-0.39, 0.29) is 28.6 Å². The molecule has 0 aliphatic heterocycles. The number of hydrogen-bond donors (Lipinski definition) is 2. The first-order valence-electron chi connectivity index (χ1n) is 9.54. The lowest BCUT2D eigenvalue weighted by molar-refractivity contribution is 0.101.